The predicted molar refractivity (Wildman–Crippen MR) is 121 cm³/mol. The average molecular weight is 494 g/mol. The van der Waals surface area contributed by atoms with Crippen molar-refractivity contribution in [1.82, 2.24) is 24.8 Å². The Hall–Kier alpha value is -3.18. The molecule has 1 saturated carbocycles. The molecule has 12 heteroatoms. The highest BCUT2D eigenvalue weighted by molar-refractivity contribution is 6.30. The molecule has 0 aliphatic heterocycles. The number of nitrogens with zero attached hydrogens (tertiary/aromatic N) is 4. The lowest BCUT2D eigenvalue weighted by Crippen LogP contribution is -2.49. The van der Waals surface area contributed by atoms with Gasteiger partial charge in [0.2, 0.25) is 5.95 Å². The van der Waals surface area contributed by atoms with Gasteiger partial charge in [-0.1, -0.05) is 11.6 Å². The van der Waals surface area contributed by atoms with Crippen molar-refractivity contribution < 1.29 is 18.0 Å². The van der Waals surface area contributed by atoms with Crippen LogP contribution in [-0.4, -0.2) is 43.9 Å². The summed E-state index contributed by atoms with van der Waals surface area (Å²) in [5.41, 5.74) is 5.98. The molecule has 1 aromatic carbocycles. The fourth-order valence-corrected chi connectivity index (χ4v) is 3.92. The van der Waals surface area contributed by atoms with Crippen molar-refractivity contribution in [1.29, 1.82) is 0 Å². The summed E-state index contributed by atoms with van der Waals surface area (Å²) in [7, 11) is 0. The van der Waals surface area contributed by atoms with Crippen LogP contribution in [0.4, 0.5) is 19.1 Å². The third-order valence-electron chi connectivity index (χ3n) is 5.73. The zero-order valence-electron chi connectivity index (χ0n) is 18.4. The minimum atomic E-state index is -2.66. The number of amides is 1. The van der Waals surface area contributed by atoms with E-state index >= 15 is 0 Å². The fraction of sp³-hybridized carbons (Fsp3) is 0.364. The number of benzene rings is 1. The molecular weight excluding hydrogens is 471 g/mol. The molecule has 0 radical (unpaired) electrons. The number of hydrogen-bond donors (Lipinski definition) is 3. The molecule has 0 bridgehead atoms. The summed E-state index contributed by atoms with van der Waals surface area (Å²) >= 11 is 5.96. The molecule has 2 aromatic heterocycles. The quantitative estimate of drug-likeness (QED) is 0.464. The van der Waals surface area contributed by atoms with E-state index in [-0.39, 0.29) is 36.1 Å². The molecule has 1 amide bonds. The van der Waals surface area contributed by atoms with Gasteiger partial charge in [0.15, 0.2) is 0 Å². The van der Waals surface area contributed by atoms with Crippen LogP contribution in [-0.2, 0) is 5.54 Å². The fourth-order valence-electron chi connectivity index (χ4n) is 3.69. The van der Waals surface area contributed by atoms with E-state index in [4.69, 9.17) is 17.3 Å². The number of nitrogens with one attached hydrogen (secondary N) is 2. The van der Waals surface area contributed by atoms with Gasteiger partial charge in [0.25, 0.3) is 11.8 Å². The summed E-state index contributed by atoms with van der Waals surface area (Å²) in [6.45, 7) is 3.42. The van der Waals surface area contributed by atoms with E-state index in [2.05, 4.69) is 25.6 Å². The Labute approximate surface area is 198 Å². The number of carbonyl (C=O) groups is 1. The third kappa shape index (κ3) is 5.00. The number of aromatic nitrogens is 4. The van der Waals surface area contributed by atoms with Crippen molar-refractivity contribution in [3.8, 4) is 5.82 Å². The Balaban J connectivity index is 1.52. The molecule has 1 fully saturated rings. The van der Waals surface area contributed by atoms with E-state index in [1.165, 1.54) is 29.2 Å². The molecule has 180 valence electrons. The van der Waals surface area contributed by atoms with Crippen LogP contribution in [0.15, 0.2) is 36.9 Å². The molecule has 1 aliphatic rings. The van der Waals surface area contributed by atoms with Gasteiger partial charge in [-0.15, -0.1) is 0 Å². The highest BCUT2D eigenvalue weighted by Gasteiger charge is 2.45. The Morgan fingerprint density at radius 3 is 2.71 bits per heavy atom. The second kappa shape index (κ2) is 8.88. The summed E-state index contributed by atoms with van der Waals surface area (Å²) in [6.07, 6.45) is 3.89. The maximum atomic E-state index is 13.9. The SMILES string of the molecule is Cc1cnc(NC2CC(F)(F)C2)nc1-n1cnc(C(=O)N[C@@](C)(CN)c2cc(F)cc(Cl)c2)c1. The van der Waals surface area contributed by atoms with Crippen LogP contribution in [0.5, 0.6) is 0 Å². The lowest BCUT2D eigenvalue weighted by molar-refractivity contribution is -0.0794. The van der Waals surface area contributed by atoms with Crippen LogP contribution >= 0.6 is 11.6 Å². The third-order valence-corrected chi connectivity index (χ3v) is 5.94. The number of nitrogens with two attached hydrogens (primary N) is 1. The number of anilines is 1. The highest BCUT2D eigenvalue weighted by Crippen LogP contribution is 2.38. The Morgan fingerprint density at radius 1 is 1.32 bits per heavy atom. The van der Waals surface area contributed by atoms with E-state index in [1.54, 1.807) is 20.0 Å². The number of rotatable bonds is 7. The smallest absolute Gasteiger partial charge is 0.272 e. The standard InChI is InChI=1S/C22H23ClF3N7O/c1-12-8-28-20(30-16-6-22(25,26)7-16)31-18(12)33-9-17(29-11-33)19(34)32-21(2,10-27)13-3-14(23)5-15(24)4-13/h3-5,8-9,11,16H,6-7,10,27H2,1-2H3,(H,32,34)(H,28,30,31)/t21-/m0/s1. The van der Waals surface area contributed by atoms with E-state index in [9.17, 15) is 18.0 Å². The Bertz CT molecular complexity index is 1210. The largest absolute Gasteiger partial charge is 0.351 e. The summed E-state index contributed by atoms with van der Waals surface area (Å²) in [5, 5.41) is 5.87. The van der Waals surface area contributed by atoms with Crippen molar-refractivity contribution in [2.75, 3.05) is 11.9 Å². The topological polar surface area (TPSA) is 111 Å². The Morgan fingerprint density at radius 2 is 2.06 bits per heavy atom. The Kier molecular flexibility index (Phi) is 6.26. The molecule has 34 heavy (non-hydrogen) atoms. The van der Waals surface area contributed by atoms with E-state index in [0.717, 1.165) is 6.07 Å². The van der Waals surface area contributed by atoms with E-state index in [1.807, 2.05) is 0 Å². The van der Waals surface area contributed by atoms with Gasteiger partial charge in [-0.05, 0) is 37.6 Å². The molecule has 4 rings (SSSR count). The zero-order valence-corrected chi connectivity index (χ0v) is 19.2. The van der Waals surface area contributed by atoms with Gasteiger partial charge in [-0.2, -0.15) is 4.98 Å². The van der Waals surface area contributed by atoms with Crippen molar-refractivity contribution in [2.24, 2.45) is 5.73 Å². The number of halogens is 4. The number of aryl methyl sites for hydroxylation is 1. The monoisotopic (exact) mass is 493 g/mol. The van der Waals surface area contributed by atoms with Crippen molar-refractivity contribution >= 4 is 23.5 Å². The first-order chi connectivity index (χ1) is 16.0. The second-order valence-electron chi connectivity index (χ2n) is 8.62. The zero-order chi connectivity index (χ0) is 24.7. The van der Waals surface area contributed by atoms with Crippen LogP contribution < -0.4 is 16.4 Å². The van der Waals surface area contributed by atoms with E-state index < -0.39 is 29.2 Å². The maximum absolute atomic E-state index is 13.9. The molecular formula is C22H23ClF3N7O. The maximum Gasteiger partial charge on any atom is 0.272 e. The first-order valence-electron chi connectivity index (χ1n) is 10.5. The lowest BCUT2D eigenvalue weighted by atomic mass is 9.88. The molecule has 4 N–H and O–H groups in total. The minimum Gasteiger partial charge on any atom is -0.351 e. The summed E-state index contributed by atoms with van der Waals surface area (Å²) in [4.78, 5) is 25.6. The molecule has 0 spiro atoms. The van der Waals surface area contributed by atoms with Gasteiger partial charge in [-0.3, -0.25) is 9.36 Å². The van der Waals surface area contributed by atoms with Gasteiger partial charge in [0.1, 0.15) is 23.7 Å². The summed E-state index contributed by atoms with van der Waals surface area (Å²) < 4.78 is 41.6. The molecule has 1 aliphatic carbocycles. The molecule has 0 unspecified atom stereocenters. The number of hydrogen-bond acceptors (Lipinski definition) is 6. The van der Waals surface area contributed by atoms with Gasteiger partial charge >= 0.3 is 0 Å². The predicted octanol–water partition coefficient (Wildman–Crippen LogP) is 3.58. The van der Waals surface area contributed by atoms with Crippen LogP contribution in [0.1, 0.15) is 41.4 Å². The number of imidazole rings is 1. The van der Waals surface area contributed by atoms with Crippen LogP contribution in [0.25, 0.3) is 5.82 Å². The highest BCUT2D eigenvalue weighted by atomic mass is 35.5. The average Bonchev–Trinajstić information content (AvgIpc) is 3.23. The lowest BCUT2D eigenvalue weighted by Gasteiger charge is -2.35. The van der Waals surface area contributed by atoms with Crippen molar-refractivity contribution in [2.45, 2.75) is 44.2 Å². The number of alkyl halides is 2. The first-order valence-corrected chi connectivity index (χ1v) is 10.9. The van der Waals surface area contributed by atoms with Gasteiger partial charge in [0, 0.05) is 48.4 Å². The van der Waals surface area contributed by atoms with E-state index in [0.29, 0.717) is 16.9 Å². The van der Waals surface area contributed by atoms with Crippen LogP contribution in [0.2, 0.25) is 5.02 Å². The van der Waals surface area contributed by atoms with Crippen LogP contribution in [0, 0.1) is 12.7 Å². The molecule has 2 heterocycles. The minimum absolute atomic E-state index is 0.0144. The van der Waals surface area contributed by atoms with Gasteiger partial charge < -0.3 is 16.4 Å². The molecule has 0 saturated heterocycles. The summed E-state index contributed by atoms with van der Waals surface area (Å²) in [6, 6.07) is 3.55. The van der Waals surface area contributed by atoms with Crippen LogP contribution in [0.3, 0.4) is 0 Å². The molecule has 1 atom stereocenters. The molecule has 8 nitrogen and oxygen atoms in total. The summed E-state index contributed by atoms with van der Waals surface area (Å²) in [5.74, 6) is -3.09. The second-order valence-corrected chi connectivity index (χ2v) is 9.06. The van der Waals surface area contributed by atoms with Crippen molar-refractivity contribution in [3.63, 3.8) is 0 Å². The van der Waals surface area contributed by atoms with Crippen molar-refractivity contribution in [3.05, 3.63) is 64.6 Å². The molecule has 3 aromatic rings. The van der Waals surface area contributed by atoms with Gasteiger partial charge in [-0.25, -0.2) is 23.1 Å². The van der Waals surface area contributed by atoms with Gasteiger partial charge in [0.05, 0.1) is 5.54 Å². The first kappa shape index (κ1) is 24.0. The number of carbonyl (C=O) groups excluding carboxylic acids is 1. The normalized spacial score (nSPS) is 17.0.